The minimum atomic E-state index is 0. The average molecular weight is 620 g/mol. The molecule has 2 aliphatic rings. The number of hydrogen-bond donors (Lipinski definition) is 2. The van der Waals surface area contributed by atoms with Crippen LogP contribution >= 0.6 is 22.6 Å². The molecule has 160 valence electrons. The number of aromatic nitrogens is 4. The Balaban J connectivity index is 0.000000265. The first-order chi connectivity index (χ1) is 15.2. The van der Waals surface area contributed by atoms with Gasteiger partial charge in [0, 0.05) is 42.5 Å². The van der Waals surface area contributed by atoms with Crippen LogP contribution in [0.5, 0.6) is 0 Å². The number of fused-ring (bicyclic) bond motifs is 8. The third kappa shape index (κ3) is 5.71. The first-order valence-electron chi connectivity index (χ1n) is 9.86. The van der Waals surface area contributed by atoms with E-state index in [1.165, 1.54) is 3.57 Å². The summed E-state index contributed by atoms with van der Waals surface area (Å²) in [6, 6.07) is 27.2. The maximum Gasteiger partial charge on any atom is 0.0659 e. The van der Waals surface area contributed by atoms with Gasteiger partial charge in [-0.1, -0.05) is 26.2 Å². The maximum atomic E-state index is 4.62. The summed E-state index contributed by atoms with van der Waals surface area (Å²) in [6.07, 6.45) is 8.05. The molecule has 0 saturated heterocycles. The van der Waals surface area contributed by atoms with E-state index in [0.717, 1.165) is 44.8 Å². The second-order valence-electron chi connectivity index (χ2n) is 7.12. The molecule has 3 aromatic heterocycles. The summed E-state index contributed by atoms with van der Waals surface area (Å²) in [4.78, 5) is 16.0. The molecular weight excluding hydrogens is 602 g/mol. The van der Waals surface area contributed by atoms with Gasteiger partial charge in [0.25, 0.3) is 0 Å². The molecule has 2 N–H and O–H groups in total. The van der Waals surface area contributed by atoms with Gasteiger partial charge in [0.05, 0.1) is 22.8 Å². The Morgan fingerprint density at radius 2 is 0.969 bits per heavy atom. The Kier molecular flexibility index (Phi) is 7.16. The zero-order valence-electron chi connectivity index (χ0n) is 16.8. The summed E-state index contributed by atoms with van der Waals surface area (Å²) in [7, 11) is 0. The summed E-state index contributed by atoms with van der Waals surface area (Å²) in [6.45, 7) is 0. The summed E-state index contributed by atoms with van der Waals surface area (Å²) in [5.74, 6) is 0. The molecule has 0 unspecified atom stereocenters. The summed E-state index contributed by atoms with van der Waals surface area (Å²) < 4.78 is 1.26. The van der Waals surface area contributed by atoms with Crippen molar-refractivity contribution in [2.75, 3.05) is 0 Å². The Labute approximate surface area is 213 Å². The number of rotatable bonds is 0. The van der Waals surface area contributed by atoms with Crippen molar-refractivity contribution in [3.8, 4) is 0 Å². The number of nitrogens with zero attached hydrogens (tertiary/aromatic N) is 2. The number of halogens is 1. The van der Waals surface area contributed by atoms with E-state index in [1.54, 1.807) is 0 Å². The van der Waals surface area contributed by atoms with Crippen LogP contribution in [0.4, 0.5) is 0 Å². The minimum absolute atomic E-state index is 0. The predicted molar refractivity (Wildman–Crippen MR) is 137 cm³/mol. The van der Waals surface area contributed by atoms with Gasteiger partial charge in [0.15, 0.2) is 0 Å². The van der Waals surface area contributed by atoms with Crippen molar-refractivity contribution in [1.29, 1.82) is 0 Å². The van der Waals surface area contributed by atoms with Crippen LogP contribution in [0.25, 0.3) is 46.4 Å². The Bertz CT molecular complexity index is 1360. The van der Waals surface area contributed by atoms with Gasteiger partial charge in [-0.25, -0.2) is 9.97 Å². The second kappa shape index (κ2) is 10.2. The van der Waals surface area contributed by atoms with E-state index in [2.05, 4.69) is 78.9 Å². The summed E-state index contributed by atoms with van der Waals surface area (Å²) in [5, 5.41) is 0. The van der Waals surface area contributed by atoms with Crippen molar-refractivity contribution >= 4 is 69.0 Å². The van der Waals surface area contributed by atoms with Crippen molar-refractivity contribution in [2.24, 2.45) is 0 Å². The van der Waals surface area contributed by atoms with Gasteiger partial charge in [0.2, 0.25) is 0 Å². The van der Waals surface area contributed by atoms with Crippen LogP contribution in [0.15, 0.2) is 72.8 Å². The Morgan fingerprint density at radius 1 is 0.562 bits per heavy atom. The molecule has 8 bridgehead atoms. The summed E-state index contributed by atoms with van der Waals surface area (Å²) >= 11 is 2.26. The first-order valence-corrected chi connectivity index (χ1v) is 10.9. The number of H-pyrrole nitrogens is 2. The molecule has 0 spiro atoms. The molecule has 4 nitrogen and oxygen atoms in total. The zero-order chi connectivity index (χ0) is 21.0. The van der Waals surface area contributed by atoms with E-state index in [9.17, 15) is 0 Å². The second-order valence-corrected chi connectivity index (χ2v) is 8.37. The molecular formula is C26H18IN4Pd-. The normalized spacial score (nSPS) is 11.4. The van der Waals surface area contributed by atoms with Gasteiger partial charge < -0.3 is 9.97 Å². The molecule has 2 aliphatic heterocycles. The van der Waals surface area contributed by atoms with E-state index in [0.29, 0.717) is 0 Å². The van der Waals surface area contributed by atoms with Crippen molar-refractivity contribution < 1.29 is 20.4 Å². The van der Waals surface area contributed by atoms with E-state index in [1.807, 2.05) is 66.8 Å². The number of aromatic amines is 2. The molecule has 0 aliphatic carbocycles. The first kappa shape index (κ1) is 22.4. The minimum Gasteiger partial charge on any atom is -0.355 e. The van der Waals surface area contributed by atoms with Gasteiger partial charge in [-0.15, -0.1) is 0 Å². The fraction of sp³-hybridized carbons (Fsp3) is 0. The largest absolute Gasteiger partial charge is 0.355 e. The van der Waals surface area contributed by atoms with Crippen LogP contribution in [-0.4, -0.2) is 19.9 Å². The molecule has 6 heteroatoms. The topological polar surface area (TPSA) is 57.4 Å². The standard InChI is InChI=1S/C20H14N4.C6H4I.Pd/c1-2-14-10-16-5-6-18(23-16)12-20-8-7-19(24-20)11-17-4-3-15(22-17)9-13(1)21-14;7-6-4-2-1-3-5-6;/h1-12,21-22H;2-5H;/q;-1;. The molecule has 0 fully saturated rings. The molecule has 1 aromatic carbocycles. The quantitative estimate of drug-likeness (QED) is 0.112. The smallest absolute Gasteiger partial charge is 0.0659 e. The average Bonchev–Trinajstić information content (AvgIpc) is 3.55. The van der Waals surface area contributed by atoms with Gasteiger partial charge in [-0.2, -0.15) is 30.3 Å². The third-order valence-electron chi connectivity index (χ3n) is 4.72. The number of nitrogens with one attached hydrogen (secondary N) is 2. The monoisotopic (exact) mass is 619 g/mol. The molecule has 4 aromatic rings. The number of benzene rings is 1. The van der Waals surface area contributed by atoms with Gasteiger partial charge >= 0.3 is 0 Å². The maximum absolute atomic E-state index is 4.62. The van der Waals surface area contributed by atoms with Gasteiger partial charge in [0.1, 0.15) is 0 Å². The third-order valence-corrected chi connectivity index (χ3v) is 5.44. The fourth-order valence-electron chi connectivity index (χ4n) is 3.31. The predicted octanol–water partition coefficient (Wildman–Crippen LogP) is 6.74. The van der Waals surface area contributed by atoms with Crippen LogP contribution in [0.3, 0.4) is 0 Å². The molecule has 0 saturated carbocycles. The number of hydrogen-bond acceptors (Lipinski definition) is 2. The van der Waals surface area contributed by atoms with E-state index < -0.39 is 0 Å². The van der Waals surface area contributed by atoms with Crippen LogP contribution in [0.2, 0.25) is 0 Å². The van der Waals surface area contributed by atoms with E-state index >= 15 is 0 Å². The van der Waals surface area contributed by atoms with Crippen LogP contribution in [0, 0.1) is 9.64 Å². The molecule has 0 atom stereocenters. The molecule has 32 heavy (non-hydrogen) atoms. The Hall–Kier alpha value is -2.79. The molecule has 5 heterocycles. The summed E-state index contributed by atoms with van der Waals surface area (Å²) in [5.41, 5.74) is 7.86. The van der Waals surface area contributed by atoms with Crippen molar-refractivity contribution in [3.05, 3.63) is 105 Å². The van der Waals surface area contributed by atoms with Gasteiger partial charge in [-0.05, 0) is 72.8 Å². The zero-order valence-corrected chi connectivity index (χ0v) is 20.5. The van der Waals surface area contributed by atoms with E-state index in [4.69, 9.17) is 0 Å². The van der Waals surface area contributed by atoms with Crippen LogP contribution in [0.1, 0.15) is 22.8 Å². The van der Waals surface area contributed by atoms with Crippen molar-refractivity contribution in [3.63, 3.8) is 0 Å². The van der Waals surface area contributed by atoms with Crippen LogP contribution in [-0.2, 0) is 20.4 Å². The molecule has 0 radical (unpaired) electrons. The Morgan fingerprint density at radius 3 is 1.38 bits per heavy atom. The van der Waals surface area contributed by atoms with Crippen molar-refractivity contribution in [1.82, 2.24) is 19.9 Å². The molecule has 6 rings (SSSR count). The van der Waals surface area contributed by atoms with Gasteiger partial charge in [-0.3, -0.25) is 0 Å². The molecule has 0 amide bonds. The van der Waals surface area contributed by atoms with Crippen LogP contribution < -0.4 is 0 Å². The van der Waals surface area contributed by atoms with Crippen molar-refractivity contribution in [2.45, 2.75) is 0 Å². The SMILES string of the molecule is C1=Cc2cc3ccc(cc4ccc(cc5nc(cc1n2)C=C5)[nH]4)[nH]3.Ic1cc[c-]cc1.[Pd]. The van der Waals surface area contributed by atoms with E-state index in [-0.39, 0.29) is 20.4 Å². The fourth-order valence-corrected chi connectivity index (χ4v) is 3.67.